The molecule has 0 saturated carbocycles. The quantitative estimate of drug-likeness (QED) is 0.596. The second-order valence-corrected chi connectivity index (χ2v) is 8.78. The van der Waals surface area contributed by atoms with Crippen molar-refractivity contribution in [1.82, 2.24) is 20.1 Å². The lowest BCUT2D eigenvalue weighted by molar-refractivity contribution is -0.893. The molecular formula is C21H34N5OS+. The Kier molecular flexibility index (Phi) is 8.51. The Morgan fingerprint density at radius 1 is 1.18 bits per heavy atom. The molecule has 1 aromatic heterocycles. The summed E-state index contributed by atoms with van der Waals surface area (Å²) in [6.45, 7) is 9.13. The van der Waals surface area contributed by atoms with Gasteiger partial charge < -0.3 is 10.2 Å². The molecule has 2 atom stereocenters. The summed E-state index contributed by atoms with van der Waals surface area (Å²) < 4.78 is 2.17. The second kappa shape index (κ2) is 10.6. The van der Waals surface area contributed by atoms with E-state index in [0.717, 1.165) is 17.4 Å². The van der Waals surface area contributed by atoms with E-state index in [0.29, 0.717) is 18.2 Å². The molecule has 1 aromatic carbocycles. The first-order valence-corrected chi connectivity index (χ1v) is 11.0. The van der Waals surface area contributed by atoms with E-state index in [1.807, 2.05) is 25.1 Å². The van der Waals surface area contributed by atoms with E-state index in [1.165, 1.54) is 22.2 Å². The van der Waals surface area contributed by atoms with Gasteiger partial charge in [0.25, 0.3) is 0 Å². The topological polar surface area (TPSA) is 64.2 Å². The number of amides is 1. The fraction of sp³-hybridized carbons (Fsp3) is 0.571. The number of hydrogen-bond donors (Lipinski definition) is 2. The van der Waals surface area contributed by atoms with Crippen LogP contribution in [0.25, 0.3) is 0 Å². The highest BCUT2D eigenvalue weighted by Crippen LogP contribution is 2.22. The lowest BCUT2D eigenvalue weighted by Gasteiger charge is -2.20. The molecule has 0 fully saturated rings. The Labute approximate surface area is 173 Å². The third kappa shape index (κ3) is 6.07. The maximum absolute atomic E-state index is 12.3. The van der Waals surface area contributed by atoms with Gasteiger partial charge in [0.15, 0.2) is 11.0 Å². The van der Waals surface area contributed by atoms with Crippen LogP contribution in [0.3, 0.4) is 0 Å². The first-order chi connectivity index (χ1) is 13.3. The summed E-state index contributed by atoms with van der Waals surface area (Å²) >= 11 is 1.46. The molecule has 2 N–H and O–H groups in total. The monoisotopic (exact) mass is 404 g/mol. The van der Waals surface area contributed by atoms with Crippen molar-refractivity contribution >= 4 is 17.7 Å². The van der Waals surface area contributed by atoms with Gasteiger partial charge in [0, 0.05) is 12.5 Å². The van der Waals surface area contributed by atoms with Gasteiger partial charge in [0.1, 0.15) is 6.04 Å². The maximum Gasteiger partial charge on any atom is 0.230 e. The van der Waals surface area contributed by atoms with E-state index in [4.69, 9.17) is 0 Å². The molecule has 0 aliphatic rings. The first kappa shape index (κ1) is 22.4. The van der Waals surface area contributed by atoms with Crippen molar-refractivity contribution in [1.29, 1.82) is 0 Å². The zero-order chi connectivity index (χ0) is 20.7. The van der Waals surface area contributed by atoms with Crippen LogP contribution >= 0.6 is 11.8 Å². The van der Waals surface area contributed by atoms with E-state index in [9.17, 15) is 4.79 Å². The molecule has 2 rings (SSSR count). The highest BCUT2D eigenvalue weighted by Gasteiger charge is 2.25. The van der Waals surface area contributed by atoms with E-state index >= 15 is 0 Å². The summed E-state index contributed by atoms with van der Waals surface area (Å²) in [6, 6.07) is 10.7. The molecule has 28 heavy (non-hydrogen) atoms. The number of aromatic nitrogens is 3. The van der Waals surface area contributed by atoms with Crippen molar-refractivity contribution in [2.75, 3.05) is 19.8 Å². The molecule has 2 aromatic rings. The van der Waals surface area contributed by atoms with Gasteiger partial charge in [-0.15, -0.1) is 10.2 Å². The van der Waals surface area contributed by atoms with Crippen LogP contribution in [0, 0.1) is 5.92 Å². The van der Waals surface area contributed by atoms with Crippen LogP contribution in [0.15, 0.2) is 35.5 Å². The van der Waals surface area contributed by atoms with Crippen LogP contribution in [0.1, 0.15) is 51.5 Å². The number of thioether (sulfide) groups is 1. The largest absolute Gasteiger partial charge is 0.353 e. The number of carbonyl (C=O) groups excluding carboxylic acids is 1. The zero-order valence-electron chi connectivity index (χ0n) is 17.9. The predicted molar refractivity (Wildman–Crippen MR) is 115 cm³/mol. The minimum Gasteiger partial charge on any atom is -0.353 e. The SMILES string of the molecule is CC[C@H](c1nnc(SCC(=O)N[C@@H](C)C(C)C)n1Cc1ccccc1)[NH+](C)C. The first-order valence-electron chi connectivity index (χ1n) is 10.0. The van der Waals surface area contributed by atoms with Crippen molar-refractivity contribution in [3.05, 3.63) is 41.7 Å². The van der Waals surface area contributed by atoms with Crippen LogP contribution in [0.2, 0.25) is 0 Å². The molecule has 0 unspecified atom stereocenters. The summed E-state index contributed by atoms with van der Waals surface area (Å²) in [4.78, 5) is 13.6. The Bertz CT molecular complexity index is 745. The molecule has 6 nitrogen and oxygen atoms in total. The molecule has 7 heteroatoms. The number of rotatable bonds is 10. The van der Waals surface area contributed by atoms with Gasteiger partial charge in [0.2, 0.25) is 5.91 Å². The average molecular weight is 405 g/mol. The summed E-state index contributed by atoms with van der Waals surface area (Å²) in [7, 11) is 4.28. The third-order valence-corrected chi connectivity index (χ3v) is 6.03. The fourth-order valence-corrected chi connectivity index (χ4v) is 3.78. The Morgan fingerprint density at radius 2 is 1.86 bits per heavy atom. The molecule has 0 saturated heterocycles. The highest BCUT2D eigenvalue weighted by atomic mass is 32.2. The van der Waals surface area contributed by atoms with Crippen molar-refractivity contribution in [2.45, 2.75) is 57.9 Å². The lowest BCUT2D eigenvalue weighted by Crippen LogP contribution is -3.06. The van der Waals surface area contributed by atoms with Crippen LogP contribution in [-0.4, -0.2) is 46.6 Å². The summed E-state index contributed by atoms with van der Waals surface area (Å²) in [6.07, 6.45) is 0.978. The van der Waals surface area contributed by atoms with Gasteiger partial charge in [-0.3, -0.25) is 9.36 Å². The maximum atomic E-state index is 12.3. The molecule has 0 bridgehead atoms. The average Bonchev–Trinajstić information content (AvgIpc) is 3.03. The van der Waals surface area contributed by atoms with E-state index in [2.05, 4.69) is 67.1 Å². The minimum absolute atomic E-state index is 0.0345. The van der Waals surface area contributed by atoms with Crippen molar-refractivity contribution in [3.63, 3.8) is 0 Å². The number of carbonyl (C=O) groups is 1. The van der Waals surface area contributed by atoms with Crippen molar-refractivity contribution in [2.24, 2.45) is 5.92 Å². The van der Waals surface area contributed by atoms with Crippen molar-refractivity contribution in [3.8, 4) is 0 Å². The number of hydrogen-bond acceptors (Lipinski definition) is 4. The van der Waals surface area contributed by atoms with Gasteiger partial charge in [0.05, 0.1) is 26.4 Å². The molecule has 154 valence electrons. The normalized spacial score (nSPS) is 13.7. The Hall–Kier alpha value is -1.86. The number of benzene rings is 1. The smallest absolute Gasteiger partial charge is 0.230 e. The van der Waals surface area contributed by atoms with Crippen LogP contribution in [0.5, 0.6) is 0 Å². The van der Waals surface area contributed by atoms with E-state index in [-0.39, 0.29) is 18.0 Å². The summed E-state index contributed by atoms with van der Waals surface area (Å²) in [5, 5.41) is 12.8. The van der Waals surface area contributed by atoms with E-state index in [1.54, 1.807) is 0 Å². The van der Waals surface area contributed by atoms with Gasteiger partial charge >= 0.3 is 0 Å². The van der Waals surface area contributed by atoms with Crippen molar-refractivity contribution < 1.29 is 9.69 Å². The van der Waals surface area contributed by atoms with E-state index < -0.39 is 0 Å². The molecule has 1 amide bonds. The van der Waals surface area contributed by atoms with Gasteiger partial charge in [-0.25, -0.2) is 0 Å². The Balaban J connectivity index is 2.21. The number of quaternary nitrogens is 1. The van der Waals surface area contributed by atoms with Gasteiger partial charge in [-0.05, 0) is 18.4 Å². The molecular weight excluding hydrogens is 370 g/mol. The molecule has 0 aliphatic heterocycles. The molecule has 1 heterocycles. The Morgan fingerprint density at radius 3 is 2.43 bits per heavy atom. The standard InChI is InChI=1S/C21H33N5OS/c1-7-18(25(5)6)20-23-24-21(26(20)13-17-11-9-8-10-12-17)28-14-19(27)22-16(4)15(2)3/h8-12,15-16,18H,7,13-14H2,1-6H3,(H,22,27)/p+1/t16-,18+/m0/s1. The number of nitrogens with zero attached hydrogens (tertiary/aromatic N) is 3. The fourth-order valence-electron chi connectivity index (χ4n) is 3.02. The van der Waals surface area contributed by atoms with Gasteiger partial charge in [-0.1, -0.05) is 62.9 Å². The highest BCUT2D eigenvalue weighted by molar-refractivity contribution is 7.99. The molecule has 0 spiro atoms. The second-order valence-electron chi connectivity index (χ2n) is 7.84. The predicted octanol–water partition coefficient (Wildman–Crippen LogP) is 2.17. The van der Waals surface area contributed by atoms with Crippen LogP contribution in [0.4, 0.5) is 0 Å². The summed E-state index contributed by atoms with van der Waals surface area (Å²) in [5.74, 6) is 1.77. The van der Waals surface area contributed by atoms with Crippen LogP contribution in [-0.2, 0) is 11.3 Å². The number of nitrogens with one attached hydrogen (secondary N) is 2. The zero-order valence-corrected chi connectivity index (χ0v) is 18.7. The van der Waals surface area contributed by atoms with Gasteiger partial charge in [-0.2, -0.15) is 0 Å². The molecule has 0 radical (unpaired) electrons. The van der Waals surface area contributed by atoms with Crippen LogP contribution < -0.4 is 10.2 Å². The summed E-state index contributed by atoms with van der Waals surface area (Å²) in [5.41, 5.74) is 1.20. The minimum atomic E-state index is 0.0345. The third-order valence-electron chi connectivity index (χ3n) is 5.07. The lowest BCUT2D eigenvalue weighted by atomic mass is 10.1. The molecule has 0 aliphatic carbocycles.